The standard InChI is InChI=1S/C23H23F3N4O2/c1-22(2,3)20-14-29(18-8-7-17(11-27)28-12-18)21(32)30(20)13-19(31)10-15-5-4-6-16(9-15)23(24,25)26/h4-9,12,20H,10,13-14H2,1-3H3/t20-/m1/s1. The molecule has 2 amide bonds. The number of Topliss-reactive ketones (excluding diaryl/α,β-unsaturated/α-hetero) is 1. The molecule has 0 unspecified atom stereocenters. The van der Waals surface area contributed by atoms with E-state index in [0.29, 0.717) is 12.2 Å². The maximum absolute atomic E-state index is 13.1. The maximum atomic E-state index is 13.1. The zero-order valence-electron chi connectivity index (χ0n) is 18.0. The van der Waals surface area contributed by atoms with Crippen LogP contribution in [0.1, 0.15) is 37.6 Å². The largest absolute Gasteiger partial charge is 0.416 e. The molecule has 168 valence electrons. The first-order valence-electron chi connectivity index (χ1n) is 10.0. The molecule has 1 aromatic carbocycles. The molecule has 2 aromatic rings. The Balaban J connectivity index is 1.79. The number of urea groups is 1. The van der Waals surface area contributed by atoms with Crippen molar-refractivity contribution < 1.29 is 22.8 Å². The molecule has 1 saturated heterocycles. The van der Waals surface area contributed by atoms with Gasteiger partial charge in [-0.1, -0.05) is 39.0 Å². The number of hydrogen-bond donors (Lipinski definition) is 0. The van der Waals surface area contributed by atoms with Gasteiger partial charge in [-0.05, 0) is 29.2 Å². The van der Waals surface area contributed by atoms with Crippen molar-refractivity contribution >= 4 is 17.5 Å². The van der Waals surface area contributed by atoms with Crippen molar-refractivity contribution in [3.05, 3.63) is 59.4 Å². The number of benzene rings is 1. The van der Waals surface area contributed by atoms with Crippen LogP contribution in [0.15, 0.2) is 42.6 Å². The summed E-state index contributed by atoms with van der Waals surface area (Å²) in [4.78, 5) is 32.9. The van der Waals surface area contributed by atoms with Gasteiger partial charge in [-0.3, -0.25) is 9.69 Å². The number of anilines is 1. The van der Waals surface area contributed by atoms with Gasteiger partial charge in [0.15, 0.2) is 5.78 Å². The van der Waals surface area contributed by atoms with Crippen molar-refractivity contribution in [2.24, 2.45) is 5.41 Å². The number of carbonyl (C=O) groups excluding carboxylic acids is 2. The Kier molecular flexibility index (Phi) is 6.26. The zero-order chi connectivity index (χ0) is 23.7. The summed E-state index contributed by atoms with van der Waals surface area (Å²) in [5.41, 5.74) is -0.179. The highest BCUT2D eigenvalue weighted by molar-refractivity contribution is 5.97. The molecule has 9 heteroatoms. The number of pyridine rings is 1. The average Bonchev–Trinajstić information content (AvgIpc) is 3.04. The highest BCUT2D eigenvalue weighted by Gasteiger charge is 2.44. The Bertz CT molecular complexity index is 1050. The summed E-state index contributed by atoms with van der Waals surface area (Å²) in [5.74, 6) is -0.355. The SMILES string of the molecule is CC(C)(C)[C@H]1CN(c2ccc(C#N)nc2)C(=O)N1CC(=O)Cc1cccc(C(F)(F)F)c1. The molecule has 0 N–H and O–H groups in total. The van der Waals surface area contributed by atoms with E-state index in [9.17, 15) is 22.8 Å². The fourth-order valence-corrected chi connectivity index (χ4v) is 3.72. The van der Waals surface area contributed by atoms with Gasteiger partial charge in [-0.2, -0.15) is 18.4 Å². The monoisotopic (exact) mass is 444 g/mol. The number of carbonyl (C=O) groups is 2. The summed E-state index contributed by atoms with van der Waals surface area (Å²) in [6.07, 6.45) is -3.26. The van der Waals surface area contributed by atoms with E-state index in [0.717, 1.165) is 12.1 Å². The van der Waals surface area contributed by atoms with Crippen LogP contribution in [0.2, 0.25) is 0 Å². The molecule has 1 fully saturated rings. The normalized spacial score (nSPS) is 16.9. The summed E-state index contributed by atoms with van der Waals surface area (Å²) in [5, 5.41) is 8.92. The van der Waals surface area contributed by atoms with Crippen molar-refractivity contribution in [1.29, 1.82) is 5.26 Å². The van der Waals surface area contributed by atoms with Crippen LogP contribution in [0.4, 0.5) is 23.7 Å². The van der Waals surface area contributed by atoms with Crippen LogP contribution >= 0.6 is 0 Å². The lowest BCUT2D eigenvalue weighted by atomic mass is 9.86. The van der Waals surface area contributed by atoms with Crippen LogP contribution in [0.5, 0.6) is 0 Å². The van der Waals surface area contributed by atoms with Gasteiger partial charge in [0.05, 0.1) is 30.0 Å². The molecule has 1 aromatic heterocycles. The number of nitriles is 1. The molecule has 1 aliphatic rings. The topological polar surface area (TPSA) is 77.3 Å². The number of halogens is 3. The van der Waals surface area contributed by atoms with Crippen LogP contribution in [0, 0.1) is 16.7 Å². The molecule has 6 nitrogen and oxygen atoms in total. The second kappa shape index (κ2) is 8.61. The summed E-state index contributed by atoms with van der Waals surface area (Å²) < 4.78 is 38.9. The molecular weight excluding hydrogens is 421 g/mol. The second-order valence-corrected chi connectivity index (χ2v) is 8.83. The first-order valence-corrected chi connectivity index (χ1v) is 10.0. The van der Waals surface area contributed by atoms with Gasteiger partial charge in [-0.25, -0.2) is 9.78 Å². The summed E-state index contributed by atoms with van der Waals surface area (Å²) in [7, 11) is 0. The molecule has 0 spiro atoms. The predicted molar refractivity (Wildman–Crippen MR) is 112 cm³/mol. The van der Waals surface area contributed by atoms with Crippen molar-refractivity contribution in [2.45, 2.75) is 39.4 Å². The summed E-state index contributed by atoms with van der Waals surface area (Å²) in [6.45, 7) is 5.98. The number of amides is 2. The average molecular weight is 444 g/mol. The third-order valence-corrected chi connectivity index (χ3v) is 5.38. The van der Waals surface area contributed by atoms with E-state index in [2.05, 4.69) is 4.98 Å². The Hall–Kier alpha value is -3.41. The van der Waals surface area contributed by atoms with Crippen LogP contribution in [0.3, 0.4) is 0 Å². The van der Waals surface area contributed by atoms with Crippen molar-refractivity contribution in [3.63, 3.8) is 0 Å². The third-order valence-electron chi connectivity index (χ3n) is 5.38. The fourth-order valence-electron chi connectivity index (χ4n) is 3.72. The van der Waals surface area contributed by atoms with E-state index in [1.165, 1.54) is 34.2 Å². The minimum atomic E-state index is -4.49. The van der Waals surface area contributed by atoms with Crippen LogP contribution < -0.4 is 4.90 Å². The molecule has 0 radical (unpaired) electrons. The highest BCUT2D eigenvalue weighted by Crippen LogP contribution is 2.34. The Morgan fingerprint density at radius 3 is 2.50 bits per heavy atom. The Morgan fingerprint density at radius 2 is 1.94 bits per heavy atom. The van der Waals surface area contributed by atoms with E-state index in [1.54, 1.807) is 6.07 Å². The minimum absolute atomic E-state index is 0.205. The maximum Gasteiger partial charge on any atom is 0.416 e. The highest BCUT2D eigenvalue weighted by atomic mass is 19.4. The van der Waals surface area contributed by atoms with E-state index in [1.807, 2.05) is 26.8 Å². The number of alkyl halides is 3. The van der Waals surface area contributed by atoms with E-state index < -0.39 is 11.7 Å². The quantitative estimate of drug-likeness (QED) is 0.683. The van der Waals surface area contributed by atoms with Gasteiger partial charge in [0.25, 0.3) is 0 Å². The molecule has 1 atom stereocenters. The fraction of sp³-hybridized carbons (Fsp3) is 0.391. The predicted octanol–water partition coefficient (Wildman–Crippen LogP) is 4.44. The molecule has 2 heterocycles. The lowest BCUT2D eigenvalue weighted by Crippen LogP contribution is -2.45. The lowest BCUT2D eigenvalue weighted by molar-refractivity contribution is -0.137. The van der Waals surface area contributed by atoms with Gasteiger partial charge < -0.3 is 4.90 Å². The zero-order valence-corrected chi connectivity index (χ0v) is 18.0. The van der Waals surface area contributed by atoms with Gasteiger partial charge >= 0.3 is 12.2 Å². The van der Waals surface area contributed by atoms with E-state index in [4.69, 9.17) is 5.26 Å². The third kappa shape index (κ3) is 5.07. The van der Waals surface area contributed by atoms with Gasteiger partial charge in [0.1, 0.15) is 11.8 Å². The van der Waals surface area contributed by atoms with Crippen molar-refractivity contribution in [2.75, 3.05) is 18.0 Å². The Morgan fingerprint density at radius 1 is 1.22 bits per heavy atom. The first-order chi connectivity index (χ1) is 14.9. The summed E-state index contributed by atoms with van der Waals surface area (Å²) in [6, 6.07) is 9.02. The van der Waals surface area contributed by atoms with E-state index >= 15 is 0 Å². The van der Waals surface area contributed by atoms with Gasteiger partial charge in [0.2, 0.25) is 0 Å². The number of ketones is 1. The van der Waals surface area contributed by atoms with Gasteiger partial charge in [-0.15, -0.1) is 0 Å². The second-order valence-electron chi connectivity index (χ2n) is 8.83. The van der Waals surface area contributed by atoms with Crippen molar-refractivity contribution in [3.8, 4) is 6.07 Å². The summed E-state index contributed by atoms with van der Waals surface area (Å²) >= 11 is 0. The lowest BCUT2D eigenvalue weighted by Gasteiger charge is -2.33. The number of hydrogen-bond acceptors (Lipinski definition) is 4. The molecular formula is C23H23F3N4O2. The minimum Gasteiger partial charge on any atom is -0.312 e. The molecule has 0 aliphatic carbocycles. The molecule has 1 aliphatic heterocycles. The smallest absolute Gasteiger partial charge is 0.312 e. The van der Waals surface area contributed by atoms with Crippen molar-refractivity contribution in [1.82, 2.24) is 9.88 Å². The van der Waals surface area contributed by atoms with Gasteiger partial charge in [0, 0.05) is 13.0 Å². The van der Waals surface area contributed by atoms with Crippen LogP contribution in [-0.4, -0.2) is 40.8 Å². The first kappa shape index (κ1) is 23.3. The van der Waals surface area contributed by atoms with Crippen LogP contribution in [0.25, 0.3) is 0 Å². The Labute approximate surface area is 184 Å². The van der Waals surface area contributed by atoms with E-state index in [-0.39, 0.29) is 47.5 Å². The number of aromatic nitrogens is 1. The molecule has 3 rings (SSSR count). The van der Waals surface area contributed by atoms with Crippen LogP contribution in [-0.2, 0) is 17.4 Å². The number of nitrogens with zero attached hydrogens (tertiary/aromatic N) is 4. The number of rotatable bonds is 5. The molecule has 0 bridgehead atoms. The molecule has 0 saturated carbocycles. The molecule has 32 heavy (non-hydrogen) atoms.